The fourth-order valence-corrected chi connectivity index (χ4v) is 1.32. The van der Waals surface area contributed by atoms with Crippen LogP contribution in [0.15, 0.2) is 42.7 Å². The number of aromatic nitrogens is 2. The molecule has 0 aliphatic carbocycles. The van der Waals surface area contributed by atoms with E-state index in [0.29, 0.717) is 6.61 Å². The summed E-state index contributed by atoms with van der Waals surface area (Å²) >= 11 is 0. The molecule has 0 fully saturated rings. The summed E-state index contributed by atoms with van der Waals surface area (Å²) in [6.45, 7) is 1.42. The highest BCUT2D eigenvalue weighted by atomic mass is 16.5. The molecule has 0 unspecified atom stereocenters. The summed E-state index contributed by atoms with van der Waals surface area (Å²) in [7, 11) is 2.06. The lowest BCUT2D eigenvalue weighted by Gasteiger charge is -2.06. The van der Waals surface area contributed by atoms with Crippen LogP contribution in [-0.4, -0.2) is 24.2 Å². The van der Waals surface area contributed by atoms with Gasteiger partial charge in [0.1, 0.15) is 20.2 Å². The maximum atomic E-state index is 5.57. The summed E-state index contributed by atoms with van der Waals surface area (Å²) in [6, 6.07) is 9.97. The predicted octanol–water partition coefficient (Wildman–Crippen LogP) is 0.220. The summed E-state index contributed by atoms with van der Waals surface area (Å²) in [5, 5.41) is 4.10. The first-order valence-corrected chi connectivity index (χ1v) is 5.01. The molecule has 0 saturated heterocycles. The van der Waals surface area contributed by atoms with Crippen LogP contribution in [0.5, 0.6) is 5.75 Å². The van der Waals surface area contributed by atoms with Gasteiger partial charge in [0, 0.05) is 12.4 Å². The molecule has 76 valence electrons. The SMILES string of the molecule is Bc1ccc(OCCn2cccn2)cc1. The van der Waals surface area contributed by atoms with Crippen molar-refractivity contribution >= 4 is 13.3 Å². The van der Waals surface area contributed by atoms with Gasteiger partial charge in [0.2, 0.25) is 0 Å². The molecule has 0 aliphatic rings. The van der Waals surface area contributed by atoms with E-state index in [4.69, 9.17) is 4.74 Å². The minimum atomic E-state index is 0.644. The maximum absolute atomic E-state index is 5.57. The van der Waals surface area contributed by atoms with Crippen LogP contribution in [0.2, 0.25) is 0 Å². The molecule has 2 aromatic rings. The van der Waals surface area contributed by atoms with Gasteiger partial charge in [-0.05, 0) is 18.2 Å². The van der Waals surface area contributed by atoms with Gasteiger partial charge in [0.15, 0.2) is 0 Å². The predicted molar refractivity (Wildman–Crippen MR) is 62.3 cm³/mol. The summed E-state index contributed by atoms with van der Waals surface area (Å²) in [5.41, 5.74) is 1.24. The number of benzene rings is 1. The third kappa shape index (κ3) is 2.87. The number of nitrogens with zero attached hydrogens (tertiary/aromatic N) is 2. The average Bonchev–Trinajstić information content (AvgIpc) is 2.74. The molecular weight excluding hydrogens is 187 g/mol. The Kier molecular flexibility index (Phi) is 3.07. The van der Waals surface area contributed by atoms with Crippen molar-refractivity contribution in [3.63, 3.8) is 0 Å². The lowest BCUT2D eigenvalue weighted by atomic mass is 9.97. The van der Waals surface area contributed by atoms with Gasteiger partial charge in [-0.25, -0.2) is 0 Å². The highest BCUT2D eigenvalue weighted by Crippen LogP contribution is 2.06. The minimum Gasteiger partial charge on any atom is -0.492 e. The summed E-state index contributed by atoms with van der Waals surface area (Å²) in [4.78, 5) is 0. The summed E-state index contributed by atoms with van der Waals surface area (Å²) < 4.78 is 7.43. The Labute approximate surface area is 90.1 Å². The number of rotatable bonds is 4. The van der Waals surface area contributed by atoms with Crippen molar-refractivity contribution in [3.8, 4) is 5.75 Å². The van der Waals surface area contributed by atoms with Gasteiger partial charge in [-0.1, -0.05) is 17.6 Å². The van der Waals surface area contributed by atoms with E-state index in [-0.39, 0.29) is 0 Å². The monoisotopic (exact) mass is 200 g/mol. The van der Waals surface area contributed by atoms with Gasteiger partial charge >= 0.3 is 0 Å². The third-order valence-electron chi connectivity index (χ3n) is 2.17. The van der Waals surface area contributed by atoms with E-state index >= 15 is 0 Å². The second kappa shape index (κ2) is 4.69. The van der Waals surface area contributed by atoms with E-state index < -0.39 is 0 Å². The van der Waals surface area contributed by atoms with Crippen LogP contribution >= 0.6 is 0 Å². The molecule has 1 aromatic heterocycles. The average molecular weight is 200 g/mol. The smallest absolute Gasteiger partial charge is 0.139 e. The van der Waals surface area contributed by atoms with E-state index in [0.717, 1.165) is 12.3 Å². The second-order valence-corrected chi connectivity index (χ2v) is 3.43. The molecule has 2 rings (SSSR count). The Morgan fingerprint density at radius 3 is 2.73 bits per heavy atom. The van der Waals surface area contributed by atoms with Gasteiger partial charge in [-0.3, -0.25) is 4.68 Å². The van der Waals surface area contributed by atoms with Gasteiger partial charge < -0.3 is 4.74 Å². The molecule has 0 radical (unpaired) electrons. The highest BCUT2D eigenvalue weighted by molar-refractivity contribution is 6.32. The molecule has 15 heavy (non-hydrogen) atoms. The fraction of sp³-hybridized carbons (Fsp3) is 0.182. The molecule has 0 spiro atoms. The van der Waals surface area contributed by atoms with E-state index in [2.05, 4.69) is 12.9 Å². The number of hydrogen-bond donors (Lipinski definition) is 0. The quantitative estimate of drug-likeness (QED) is 0.660. The number of ether oxygens (including phenoxy) is 1. The molecule has 0 saturated carbocycles. The van der Waals surface area contributed by atoms with Crippen molar-refractivity contribution in [2.24, 2.45) is 0 Å². The van der Waals surface area contributed by atoms with Crippen molar-refractivity contribution in [3.05, 3.63) is 42.7 Å². The molecule has 1 aromatic carbocycles. The highest BCUT2D eigenvalue weighted by Gasteiger charge is 1.94. The first-order chi connectivity index (χ1) is 7.34. The first-order valence-electron chi connectivity index (χ1n) is 5.01. The van der Waals surface area contributed by atoms with Crippen LogP contribution < -0.4 is 10.2 Å². The van der Waals surface area contributed by atoms with Crippen LogP contribution in [0.25, 0.3) is 0 Å². The van der Waals surface area contributed by atoms with Gasteiger partial charge in [0.05, 0.1) is 6.54 Å². The lowest BCUT2D eigenvalue weighted by Crippen LogP contribution is -2.09. The zero-order valence-electron chi connectivity index (χ0n) is 8.76. The minimum absolute atomic E-state index is 0.644. The van der Waals surface area contributed by atoms with E-state index in [1.807, 2.05) is 41.2 Å². The second-order valence-electron chi connectivity index (χ2n) is 3.43. The van der Waals surface area contributed by atoms with Crippen LogP contribution in [-0.2, 0) is 6.54 Å². The topological polar surface area (TPSA) is 27.1 Å². The molecule has 4 heteroatoms. The molecular formula is C11H13BN2O. The Bertz CT molecular complexity index is 397. The van der Waals surface area contributed by atoms with Crippen molar-refractivity contribution in [2.75, 3.05) is 6.61 Å². The van der Waals surface area contributed by atoms with E-state index in [1.54, 1.807) is 6.20 Å². The molecule has 0 N–H and O–H groups in total. The van der Waals surface area contributed by atoms with E-state index in [9.17, 15) is 0 Å². The normalized spacial score (nSPS) is 10.1. The molecule has 0 aliphatic heterocycles. The molecule has 1 heterocycles. The van der Waals surface area contributed by atoms with Crippen LogP contribution in [0.1, 0.15) is 0 Å². The third-order valence-corrected chi connectivity index (χ3v) is 2.17. The summed E-state index contributed by atoms with van der Waals surface area (Å²) in [6.07, 6.45) is 3.70. The molecule has 0 bridgehead atoms. The van der Waals surface area contributed by atoms with Crippen LogP contribution in [0.4, 0.5) is 0 Å². The number of hydrogen-bond acceptors (Lipinski definition) is 2. The van der Waals surface area contributed by atoms with Gasteiger partial charge in [-0.15, -0.1) is 0 Å². The Morgan fingerprint density at radius 2 is 2.07 bits per heavy atom. The van der Waals surface area contributed by atoms with Crippen molar-refractivity contribution in [2.45, 2.75) is 6.54 Å². The zero-order chi connectivity index (χ0) is 10.5. The largest absolute Gasteiger partial charge is 0.492 e. The standard InChI is InChI=1S/C11H13BN2O/c12-10-2-4-11(5-3-10)15-9-8-14-7-1-6-13-14/h1-7H,8-9,12H2. The van der Waals surface area contributed by atoms with Crippen LogP contribution in [0.3, 0.4) is 0 Å². The molecule has 0 atom stereocenters. The van der Waals surface area contributed by atoms with Gasteiger partial charge in [0.25, 0.3) is 0 Å². The summed E-state index contributed by atoms with van der Waals surface area (Å²) in [5.74, 6) is 0.910. The first kappa shape index (κ1) is 9.83. The van der Waals surface area contributed by atoms with Crippen LogP contribution in [0, 0.1) is 0 Å². The molecule has 0 amide bonds. The lowest BCUT2D eigenvalue weighted by molar-refractivity contribution is 0.291. The Hall–Kier alpha value is -1.71. The molecule has 3 nitrogen and oxygen atoms in total. The Balaban J connectivity index is 1.81. The fourth-order valence-electron chi connectivity index (χ4n) is 1.32. The van der Waals surface area contributed by atoms with Crippen molar-refractivity contribution in [1.29, 1.82) is 0 Å². The van der Waals surface area contributed by atoms with E-state index in [1.165, 1.54) is 5.46 Å². The Morgan fingerprint density at radius 1 is 1.27 bits per heavy atom. The van der Waals surface area contributed by atoms with Gasteiger partial charge in [-0.2, -0.15) is 5.10 Å². The van der Waals surface area contributed by atoms with Crippen molar-refractivity contribution in [1.82, 2.24) is 9.78 Å². The zero-order valence-corrected chi connectivity index (χ0v) is 8.76. The maximum Gasteiger partial charge on any atom is 0.139 e. The van der Waals surface area contributed by atoms with Crippen molar-refractivity contribution < 1.29 is 4.74 Å².